The van der Waals surface area contributed by atoms with Crippen LogP contribution in [0.4, 0.5) is 0 Å². The standard InChI is InChI=1S/C10H11ClN2/c1-13-7-9-4-2-3-8(6-12)5-10(9)11/h2,4-5,13H,3,7H2,1H3. The van der Waals surface area contributed by atoms with Gasteiger partial charge in [0.15, 0.2) is 0 Å². The van der Waals surface area contributed by atoms with Crippen LogP contribution in [0.2, 0.25) is 0 Å². The van der Waals surface area contributed by atoms with Crippen molar-refractivity contribution in [3.05, 3.63) is 34.4 Å². The molecule has 0 saturated heterocycles. The fourth-order valence-electron chi connectivity index (χ4n) is 1.12. The molecule has 1 aliphatic carbocycles. The molecule has 0 heterocycles. The van der Waals surface area contributed by atoms with Crippen molar-refractivity contribution in [1.29, 1.82) is 5.26 Å². The van der Waals surface area contributed by atoms with E-state index in [1.807, 2.05) is 19.2 Å². The van der Waals surface area contributed by atoms with E-state index in [-0.39, 0.29) is 0 Å². The van der Waals surface area contributed by atoms with Gasteiger partial charge in [0, 0.05) is 23.6 Å². The van der Waals surface area contributed by atoms with Gasteiger partial charge < -0.3 is 5.32 Å². The molecule has 0 saturated carbocycles. The summed E-state index contributed by atoms with van der Waals surface area (Å²) in [6, 6.07) is 2.11. The minimum absolute atomic E-state index is 0.652. The van der Waals surface area contributed by atoms with Gasteiger partial charge in [0.2, 0.25) is 0 Å². The van der Waals surface area contributed by atoms with Crippen LogP contribution in [-0.2, 0) is 0 Å². The number of allylic oxidation sites excluding steroid dienone is 4. The monoisotopic (exact) mass is 194 g/mol. The molecule has 0 aromatic carbocycles. The average molecular weight is 195 g/mol. The first-order chi connectivity index (χ1) is 6.27. The number of nitriles is 1. The van der Waals surface area contributed by atoms with Gasteiger partial charge in [0.05, 0.1) is 6.07 Å². The lowest BCUT2D eigenvalue weighted by Crippen LogP contribution is -2.09. The summed E-state index contributed by atoms with van der Waals surface area (Å²) in [5, 5.41) is 12.4. The number of nitrogens with zero attached hydrogens (tertiary/aromatic N) is 1. The molecule has 0 aromatic rings. The summed E-state index contributed by atoms with van der Waals surface area (Å²) in [7, 11) is 1.87. The largest absolute Gasteiger partial charge is 0.316 e. The van der Waals surface area contributed by atoms with Crippen LogP contribution >= 0.6 is 11.6 Å². The summed E-state index contributed by atoms with van der Waals surface area (Å²) in [4.78, 5) is 0. The van der Waals surface area contributed by atoms with Crippen LogP contribution in [0.5, 0.6) is 0 Å². The van der Waals surface area contributed by atoms with Gasteiger partial charge >= 0.3 is 0 Å². The maximum atomic E-state index is 8.70. The SMILES string of the molecule is CNCC1=C(Cl)C=C(C#N)CC=C1. The Kier molecular flexibility index (Phi) is 3.75. The molecule has 0 spiro atoms. The van der Waals surface area contributed by atoms with Gasteiger partial charge in [-0.2, -0.15) is 5.26 Å². The Labute approximate surface area is 83.2 Å². The lowest BCUT2D eigenvalue weighted by atomic mass is 10.2. The molecule has 1 N–H and O–H groups in total. The molecule has 1 rings (SSSR count). The maximum Gasteiger partial charge on any atom is 0.0950 e. The zero-order valence-corrected chi connectivity index (χ0v) is 8.23. The van der Waals surface area contributed by atoms with E-state index in [0.29, 0.717) is 17.0 Å². The van der Waals surface area contributed by atoms with Crippen molar-refractivity contribution in [3.8, 4) is 6.07 Å². The number of likely N-dealkylation sites (N-methyl/N-ethyl adjacent to an activating group) is 1. The van der Waals surface area contributed by atoms with Gasteiger partial charge in [0.1, 0.15) is 0 Å². The Morgan fingerprint density at radius 2 is 2.46 bits per heavy atom. The third-order valence-electron chi connectivity index (χ3n) is 1.78. The molecule has 0 radical (unpaired) electrons. The molecule has 0 fully saturated rings. The van der Waals surface area contributed by atoms with Crippen molar-refractivity contribution in [2.75, 3.05) is 13.6 Å². The summed E-state index contributed by atoms with van der Waals surface area (Å²) in [5.74, 6) is 0. The Bertz CT molecular complexity index is 318. The first kappa shape index (κ1) is 10.0. The van der Waals surface area contributed by atoms with Gasteiger partial charge in [-0.3, -0.25) is 0 Å². The predicted octanol–water partition coefficient (Wildman–Crippen LogP) is 2.11. The smallest absolute Gasteiger partial charge is 0.0950 e. The van der Waals surface area contributed by atoms with Crippen LogP contribution in [0.3, 0.4) is 0 Å². The number of halogens is 1. The summed E-state index contributed by atoms with van der Waals surface area (Å²) in [6.07, 6.45) is 6.31. The lowest BCUT2D eigenvalue weighted by molar-refractivity contribution is 0.894. The molecule has 13 heavy (non-hydrogen) atoms. The lowest BCUT2D eigenvalue weighted by Gasteiger charge is -2.00. The van der Waals surface area contributed by atoms with Crippen molar-refractivity contribution in [2.24, 2.45) is 0 Å². The second-order valence-corrected chi connectivity index (χ2v) is 3.20. The number of hydrogen-bond acceptors (Lipinski definition) is 2. The van der Waals surface area contributed by atoms with Gasteiger partial charge in [-0.05, 0) is 18.7 Å². The van der Waals surface area contributed by atoms with E-state index in [0.717, 1.165) is 12.1 Å². The second-order valence-electron chi connectivity index (χ2n) is 2.79. The molecule has 0 atom stereocenters. The second kappa shape index (κ2) is 4.86. The first-order valence-corrected chi connectivity index (χ1v) is 4.46. The molecule has 2 nitrogen and oxygen atoms in total. The number of rotatable bonds is 2. The summed E-state index contributed by atoms with van der Waals surface area (Å²) < 4.78 is 0. The van der Waals surface area contributed by atoms with E-state index >= 15 is 0 Å². The number of hydrogen-bond donors (Lipinski definition) is 1. The number of nitrogens with one attached hydrogen (secondary N) is 1. The molecule has 0 bridgehead atoms. The van der Waals surface area contributed by atoms with Gasteiger partial charge in [-0.15, -0.1) is 0 Å². The predicted molar refractivity (Wildman–Crippen MR) is 54.3 cm³/mol. The van der Waals surface area contributed by atoms with Crippen molar-refractivity contribution in [3.63, 3.8) is 0 Å². The maximum absolute atomic E-state index is 8.70. The molecule has 0 aromatic heterocycles. The highest BCUT2D eigenvalue weighted by molar-refractivity contribution is 6.31. The van der Waals surface area contributed by atoms with Crippen LogP contribution in [-0.4, -0.2) is 13.6 Å². The Hall–Kier alpha value is -1.04. The van der Waals surface area contributed by atoms with Gasteiger partial charge in [-0.25, -0.2) is 0 Å². The van der Waals surface area contributed by atoms with Gasteiger partial charge in [-0.1, -0.05) is 23.8 Å². The van der Waals surface area contributed by atoms with Crippen LogP contribution in [0.15, 0.2) is 34.4 Å². The van der Waals surface area contributed by atoms with E-state index in [4.69, 9.17) is 16.9 Å². The summed E-state index contributed by atoms with van der Waals surface area (Å²) >= 11 is 6.00. The summed E-state index contributed by atoms with van der Waals surface area (Å²) in [6.45, 7) is 0.727. The Morgan fingerprint density at radius 1 is 1.69 bits per heavy atom. The van der Waals surface area contributed by atoms with Crippen LogP contribution < -0.4 is 5.32 Å². The van der Waals surface area contributed by atoms with E-state index in [1.54, 1.807) is 6.08 Å². The molecule has 3 heteroatoms. The zero-order valence-electron chi connectivity index (χ0n) is 7.47. The molecule has 1 aliphatic rings. The first-order valence-electron chi connectivity index (χ1n) is 4.08. The van der Waals surface area contributed by atoms with Crippen molar-refractivity contribution >= 4 is 11.6 Å². The topological polar surface area (TPSA) is 35.8 Å². The Balaban J connectivity index is 2.94. The molecular weight excluding hydrogens is 184 g/mol. The third-order valence-corrected chi connectivity index (χ3v) is 2.13. The average Bonchev–Trinajstić information content (AvgIpc) is 2.30. The Morgan fingerprint density at radius 3 is 3.08 bits per heavy atom. The highest BCUT2D eigenvalue weighted by atomic mass is 35.5. The molecule has 0 aliphatic heterocycles. The van der Waals surface area contributed by atoms with Crippen LogP contribution in [0, 0.1) is 11.3 Å². The minimum Gasteiger partial charge on any atom is -0.316 e. The fraction of sp³-hybridized carbons (Fsp3) is 0.300. The third kappa shape index (κ3) is 2.73. The molecule has 68 valence electrons. The van der Waals surface area contributed by atoms with Crippen molar-refractivity contribution < 1.29 is 0 Å². The minimum atomic E-state index is 0.652. The van der Waals surface area contributed by atoms with Crippen molar-refractivity contribution in [2.45, 2.75) is 6.42 Å². The fourth-order valence-corrected chi connectivity index (χ4v) is 1.39. The highest BCUT2D eigenvalue weighted by Crippen LogP contribution is 2.19. The molecule has 0 amide bonds. The van der Waals surface area contributed by atoms with E-state index < -0.39 is 0 Å². The normalized spacial score (nSPS) is 16.5. The van der Waals surface area contributed by atoms with E-state index in [1.165, 1.54) is 0 Å². The van der Waals surface area contributed by atoms with Crippen LogP contribution in [0.25, 0.3) is 0 Å². The molecular formula is C10H11ClN2. The zero-order chi connectivity index (χ0) is 9.68. The van der Waals surface area contributed by atoms with Gasteiger partial charge in [0.25, 0.3) is 0 Å². The van der Waals surface area contributed by atoms with Crippen LogP contribution in [0.1, 0.15) is 6.42 Å². The van der Waals surface area contributed by atoms with Crippen molar-refractivity contribution in [1.82, 2.24) is 5.32 Å². The quantitative estimate of drug-likeness (QED) is 0.731. The van der Waals surface area contributed by atoms with E-state index in [9.17, 15) is 0 Å². The van der Waals surface area contributed by atoms with E-state index in [2.05, 4.69) is 11.4 Å². The molecule has 0 unspecified atom stereocenters. The summed E-state index contributed by atoms with van der Waals surface area (Å²) in [5.41, 5.74) is 1.72. The highest BCUT2D eigenvalue weighted by Gasteiger charge is 2.04.